The number of hydrogen-bond acceptors (Lipinski definition) is 4. The lowest BCUT2D eigenvalue weighted by Crippen LogP contribution is -2.17. The highest BCUT2D eigenvalue weighted by molar-refractivity contribution is 6.33. The molecule has 0 bridgehead atoms. The molecule has 0 aliphatic heterocycles. The van der Waals surface area contributed by atoms with Crippen molar-refractivity contribution in [2.24, 2.45) is 0 Å². The number of furan rings is 2. The fraction of sp³-hybridized carbons (Fsp3) is 0.100. The van der Waals surface area contributed by atoms with Gasteiger partial charge in [-0.15, -0.1) is 0 Å². The van der Waals surface area contributed by atoms with Crippen molar-refractivity contribution in [1.29, 1.82) is 0 Å². The lowest BCUT2D eigenvalue weighted by molar-refractivity contribution is 0.0943. The number of para-hydroxylation sites is 2. The highest BCUT2D eigenvalue weighted by atomic mass is 16.4. The first kappa shape index (κ1) is 14.5. The Labute approximate surface area is 137 Å². The van der Waals surface area contributed by atoms with E-state index >= 15 is 0 Å². The topological polar surface area (TPSA) is 60.4 Å². The molecule has 0 saturated carbocycles. The number of fused-ring (bicyclic) bond motifs is 6. The van der Waals surface area contributed by atoms with E-state index < -0.39 is 0 Å². The fourth-order valence-electron chi connectivity index (χ4n) is 3.09. The summed E-state index contributed by atoms with van der Waals surface area (Å²) in [5.41, 5.74) is 1.73. The van der Waals surface area contributed by atoms with Crippen LogP contribution >= 0.6 is 0 Å². The summed E-state index contributed by atoms with van der Waals surface area (Å²) < 4.78 is 11.2. The molecule has 24 heavy (non-hydrogen) atoms. The van der Waals surface area contributed by atoms with Gasteiger partial charge in [0, 0.05) is 10.8 Å². The Kier molecular flexibility index (Phi) is 3.13. The number of rotatable bonds is 0. The Morgan fingerprint density at radius 3 is 1.50 bits per heavy atom. The van der Waals surface area contributed by atoms with Crippen molar-refractivity contribution in [3.8, 4) is 0 Å². The Bertz CT molecular complexity index is 1030. The molecule has 0 fully saturated rings. The van der Waals surface area contributed by atoms with E-state index in [1.165, 1.54) is 0 Å². The minimum atomic E-state index is -0.378. The van der Waals surface area contributed by atoms with Crippen molar-refractivity contribution in [2.75, 3.05) is 0 Å². The van der Waals surface area contributed by atoms with Gasteiger partial charge >= 0.3 is 0 Å². The third-order valence-corrected chi connectivity index (χ3v) is 4.06. The van der Waals surface area contributed by atoms with Crippen LogP contribution in [0.2, 0.25) is 0 Å². The number of carbonyl (C=O) groups is 2. The van der Waals surface area contributed by atoms with Gasteiger partial charge in [0.25, 0.3) is 5.78 Å². The van der Waals surface area contributed by atoms with Crippen LogP contribution in [0.4, 0.5) is 0 Å². The summed E-state index contributed by atoms with van der Waals surface area (Å²) in [4.78, 5) is 25.6. The molecule has 2 aromatic heterocycles. The van der Waals surface area contributed by atoms with E-state index in [0.717, 1.165) is 0 Å². The molecule has 0 saturated heterocycles. The smallest absolute Gasteiger partial charge is 0.264 e. The van der Waals surface area contributed by atoms with E-state index in [1.807, 2.05) is 26.0 Å². The number of ketones is 2. The average molecular weight is 318 g/mol. The summed E-state index contributed by atoms with van der Waals surface area (Å²) in [6.07, 6.45) is 0. The van der Waals surface area contributed by atoms with Crippen molar-refractivity contribution < 1.29 is 18.4 Å². The second-order valence-electron chi connectivity index (χ2n) is 5.26. The molecular weight excluding hydrogens is 304 g/mol. The lowest BCUT2D eigenvalue weighted by atomic mass is 9.90. The molecule has 118 valence electrons. The zero-order valence-electron chi connectivity index (χ0n) is 13.3. The molecule has 0 spiro atoms. The second kappa shape index (κ2) is 5.20. The van der Waals surface area contributed by atoms with Crippen molar-refractivity contribution in [3.05, 3.63) is 71.2 Å². The van der Waals surface area contributed by atoms with Crippen LogP contribution in [0.25, 0.3) is 21.9 Å². The Hall–Kier alpha value is -3.14. The molecule has 5 rings (SSSR count). The maximum atomic E-state index is 12.9. The van der Waals surface area contributed by atoms with Crippen LogP contribution in [0.3, 0.4) is 0 Å². The van der Waals surface area contributed by atoms with Gasteiger partial charge < -0.3 is 8.83 Å². The molecule has 2 heterocycles. The third kappa shape index (κ3) is 1.74. The van der Waals surface area contributed by atoms with Gasteiger partial charge in [-0.1, -0.05) is 50.2 Å². The summed E-state index contributed by atoms with van der Waals surface area (Å²) in [7, 11) is 0. The van der Waals surface area contributed by atoms with Gasteiger partial charge in [-0.2, -0.15) is 0 Å². The molecule has 1 aliphatic rings. The fourth-order valence-corrected chi connectivity index (χ4v) is 3.09. The summed E-state index contributed by atoms with van der Waals surface area (Å²) in [6.45, 7) is 4.00. The van der Waals surface area contributed by atoms with Gasteiger partial charge in [0.05, 0.1) is 11.1 Å². The number of hydrogen-bond donors (Lipinski definition) is 0. The van der Waals surface area contributed by atoms with Crippen molar-refractivity contribution in [2.45, 2.75) is 13.8 Å². The molecule has 4 nitrogen and oxygen atoms in total. The average Bonchev–Trinajstić information content (AvgIpc) is 3.21. The normalized spacial score (nSPS) is 12.8. The number of carbonyl (C=O) groups excluding carboxylic acids is 2. The zero-order chi connectivity index (χ0) is 16.8. The predicted octanol–water partition coefficient (Wildman–Crippen LogP) is 4.98. The van der Waals surface area contributed by atoms with Crippen molar-refractivity contribution in [1.82, 2.24) is 0 Å². The lowest BCUT2D eigenvalue weighted by Gasteiger charge is -2.07. The molecule has 0 unspecified atom stereocenters. The Morgan fingerprint density at radius 1 is 0.625 bits per heavy atom. The summed E-state index contributed by atoms with van der Waals surface area (Å²) in [5.74, 6) is -0.466. The molecule has 4 aromatic rings. The second-order valence-corrected chi connectivity index (χ2v) is 5.26. The Balaban J connectivity index is 0.000000704. The van der Waals surface area contributed by atoms with Crippen LogP contribution in [0.1, 0.15) is 46.1 Å². The molecule has 0 amide bonds. The molecule has 4 heteroatoms. The van der Waals surface area contributed by atoms with Gasteiger partial charge in [-0.05, 0) is 12.1 Å². The van der Waals surface area contributed by atoms with Crippen LogP contribution < -0.4 is 0 Å². The van der Waals surface area contributed by atoms with Crippen LogP contribution in [-0.4, -0.2) is 11.6 Å². The van der Waals surface area contributed by atoms with Gasteiger partial charge in [0.1, 0.15) is 11.2 Å². The molecule has 0 N–H and O–H groups in total. The minimum absolute atomic E-state index is 0.0674. The molecule has 1 aliphatic carbocycles. The van der Waals surface area contributed by atoms with Crippen LogP contribution in [-0.2, 0) is 0 Å². The maximum absolute atomic E-state index is 12.9. The van der Waals surface area contributed by atoms with E-state index in [0.29, 0.717) is 33.1 Å². The van der Waals surface area contributed by atoms with Gasteiger partial charge in [-0.25, -0.2) is 0 Å². The van der Waals surface area contributed by atoms with Gasteiger partial charge in [0.2, 0.25) is 5.78 Å². The first-order chi connectivity index (χ1) is 11.8. The summed E-state index contributed by atoms with van der Waals surface area (Å²) in [6, 6.07) is 14.3. The SMILES string of the molecule is CC.O=C1c2oc3ccccc3c2C(=O)c2c1oc1ccccc21. The number of benzene rings is 2. The first-order valence-corrected chi connectivity index (χ1v) is 7.88. The van der Waals surface area contributed by atoms with Crippen LogP contribution in [0, 0.1) is 0 Å². The molecule has 0 atom stereocenters. The minimum Gasteiger partial charge on any atom is -0.452 e. The van der Waals surface area contributed by atoms with E-state index in [9.17, 15) is 9.59 Å². The third-order valence-electron chi connectivity index (χ3n) is 4.06. The van der Waals surface area contributed by atoms with Gasteiger partial charge in [0.15, 0.2) is 11.5 Å². The quantitative estimate of drug-likeness (QED) is 0.404. The van der Waals surface area contributed by atoms with Gasteiger partial charge in [-0.3, -0.25) is 9.59 Å². The van der Waals surface area contributed by atoms with Crippen LogP contribution in [0.15, 0.2) is 57.4 Å². The van der Waals surface area contributed by atoms with Crippen molar-refractivity contribution >= 4 is 33.5 Å². The molecule has 2 aromatic carbocycles. The largest absolute Gasteiger partial charge is 0.452 e. The predicted molar refractivity (Wildman–Crippen MR) is 90.6 cm³/mol. The van der Waals surface area contributed by atoms with Crippen LogP contribution in [0.5, 0.6) is 0 Å². The highest BCUT2D eigenvalue weighted by Crippen LogP contribution is 2.38. The monoisotopic (exact) mass is 318 g/mol. The summed E-state index contributed by atoms with van der Waals surface area (Å²) in [5, 5.41) is 1.32. The summed E-state index contributed by atoms with van der Waals surface area (Å²) >= 11 is 0. The molecule has 0 radical (unpaired) electrons. The molecular formula is C20H14O4. The van der Waals surface area contributed by atoms with E-state index in [2.05, 4.69) is 0 Å². The van der Waals surface area contributed by atoms with Crippen molar-refractivity contribution in [3.63, 3.8) is 0 Å². The van der Waals surface area contributed by atoms with E-state index in [4.69, 9.17) is 8.83 Å². The highest BCUT2D eigenvalue weighted by Gasteiger charge is 2.39. The van der Waals surface area contributed by atoms with E-state index in [1.54, 1.807) is 36.4 Å². The maximum Gasteiger partial charge on any atom is 0.264 e. The standard InChI is InChI=1S/C18H8O4.C2H6/c19-15-13-9-5-1-3-7-11(9)21-17(13)16(20)18-14(15)10-6-2-4-8-12(10)22-18;1-2/h1-8H;1-2H3. The first-order valence-electron chi connectivity index (χ1n) is 7.88. The van der Waals surface area contributed by atoms with E-state index in [-0.39, 0.29) is 23.1 Å². The zero-order valence-corrected chi connectivity index (χ0v) is 13.3. The Morgan fingerprint density at radius 2 is 1.04 bits per heavy atom.